The fraction of sp³-hybridized carbons (Fsp3) is 0.267. The first-order valence-corrected chi connectivity index (χ1v) is 7.62. The summed E-state index contributed by atoms with van der Waals surface area (Å²) in [6, 6.07) is 8.91. The van der Waals surface area contributed by atoms with Gasteiger partial charge in [0.15, 0.2) is 5.16 Å². The van der Waals surface area contributed by atoms with Crippen molar-refractivity contribution < 1.29 is 9.53 Å². The summed E-state index contributed by atoms with van der Waals surface area (Å²) in [4.78, 5) is 31.5. The average molecular weight is 319 g/mol. The Hall–Kier alpha value is -2.28. The second-order valence-electron chi connectivity index (χ2n) is 4.59. The van der Waals surface area contributed by atoms with E-state index in [0.29, 0.717) is 11.7 Å². The third-order valence-electron chi connectivity index (χ3n) is 3.01. The molecule has 0 atom stereocenters. The summed E-state index contributed by atoms with van der Waals surface area (Å²) < 4.78 is 5.28. The van der Waals surface area contributed by atoms with Crippen molar-refractivity contribution in [3.05, 3.63) is 52.4 Å². The number of thioether (sulfide) groups is 1. The number of hydrogen-bond donors (Lipinski definition) is 1. The van der Waals surface area contributed by atoms with E-state index in [1.54, 1.807) is 19.1 Å². The average Bonchev–Trinajstić information content (AvgIpc) is 2.53. The summed E-state index contributed by atoms with van der Waals surface area (Å²) >= 11 is 1.20. The molecule has 116 valence electrons. The number of hydrogen-bond acceptors (Lipinski definition) is 5. The fourth-order valence-corrected chi connectivity index (χ4v) is 2.63. The zero-order valence-electron chi connectivity index (χ0n) is 12.4. The third-order valence-corrected chi connectivity index (χ3v) is 3.88. The predicted molar refractivity (Wildman–Crippen MR) is 85.0 cm³/mol. The maximum atomic E-state index is 12.1. The van der Waals surface area contributed by atoms with Crippen LogP contribution in [0.1, 0.15) is 5.56 Å². The number of ether oxygens (including phenoxy) is 1. The van der Waals surface area contributed by atoms with Crippen LogP contribution in [0.15, 0.2) is 46.5 Å². The molecule has 1 N–H and O–H groups in total. The van der Waals surface area contributed by atoms with E-state index in [4.69, 9.17) is 4.74 Å². The second-order valence-corrected chi connectivity index (χ2v) is 5.55. The summed E-state index contributed by atoms with van der Waals surface area (Å²) in [6.45, 7) is 0.460. The van der Waals surface area contributed by atoms with Gasteiger partial charge in [0.25, 0.3) is 5.56 Å². The van der Waals surface area contributed by atoms with Crippen molar-refractivity contribution in [2.75, 3.05) is 19.9 Å². The number of carbonyl (C=O) groups excluding carboxylic acids is 1. The summed E-state index contributed by atoms with van der Waals surface area (Å²) in [5.41, 5.74) is 0.712. The van der Waals surface area contributed by atoms with Gasteiger partial charge in [0.1, 0.15) is 5.75 Å². The highest BCUT2D eigenvalue weighted by atomic mass is 32.2. The minimum atomic E-state index is -0.229. The maximum Gasteiger partial charge on any atom is 0.251 e. The normalized spacial score (nSPS) is 10.3. The highest BCUT2D eigenvalue weighted by Gasteiger charge is 2.12. The lowest BCUT2D eigenvalue weighted by molar-refractivity contribution is -0.127. The Balaban J connectivity index is 1.93. The molecule has 0 spiro atoms. The van der Waals surface area contributed by atoms with Crippen LogP contribution in [-0.4, -0.2) is 40.7 Å². The van der Waals surface area contributed by atoms with Crippen LogP contribution in [0.2, 0.25) is 0 Å². The topological polar surface area (TPSA) is 75.3 Å². The minimum absolute atomic E-state index is 0.0533. The molecule has 0 saturated heterocycles. The van der Waals surface area contributed by atoms with Gasteiger partial charge in [0, 0.05) is 31.4 Å². The molecule has 0 bridgehead atoms. The summed E-state index contributed by atoms with van der Waals surface area (Å²) in [5, 5.41) is 0.437. The van der Waals surface area contributed by atoms with E-state index in [9.17, 15) is 9.59 Å². The molecular formula is C15H17N3O3S. The van der Waals surface area contributed by atoms with Crippen LogP contribution in [0.5, 0.6) is 5.75 Å². The van der Waals surface area contributed by atoms with E-state index in [-0.39, 0.29) is 17.2 Å². The molecule has 0 fully saturated rings. The molecule has 0 aliphatic heterocycles. The number of methoxy groups -OCH3 is 1. The zero-order chi connectivity index (χ0) is 15.9. The SMILES string of the molecule is COc1ccccc1CN(C)C(=O)CSc1nccc(=O)[nH]1. The molecule has 1 aromatic heterocycles. The molecule has 0 aliphatic rings. The lowest BCUT2D eigenvalue weighted by atomic mass is 10.2. The Labute approximate surface area is 132 Å². The van der Waals surface area contributed by atoms with Crippen molar-refractivity contribution in [3.8, 4) is 5.75 Å². The van der Waals surface area contributed by atoms with Crippen LogP contribution in [0.4, 0.5) is 0 Å². The van der Waals surface area contributed by atoms with Crippen molar-refractivity contribution in [2.45, 2.75) is 11.7 Å². The second kappa shape index (κ2) is 7.65. The number of nitrogens with one attached hydrogen (secondary N) is 1. The number of benzene rings is 1. The largest absolute Gasteiger partial charge is 0.496 e. The molecule has 6 nitrogen and oxygen atoms in total. The van der Waals surface area contributed by atoms with Crippen LogP contribution in [0.3, 0.4) is 0 Å². The maximum absolute atomic E-state index is 12.1. The molecule has 0 radical (unpaired) electrons. The lowest BCUT2D eigenvalue weighted by Crippen LogP contribution is -2.28. The summed E-state index contributed by atoms with van der Waals surface area (Å²) in [7, 11) is 3.34. The van der Waals surface area contributed by atoms with Crippen molar-refractivity contribution in [1.29, 1.82) is 0 Å². The van der Waals surface area contributed by atoms with Crippen molar-refractivity contribution in [1.82, 2.24) is 14.9 Å². The quantitative estimate of drug-likeness (QED) is 0.645. The molecule has 22 heavy (non-hydrogen) atoms. The van der Waals surface area contributed by atoms with E-state index in [2.05, 4.69) is 9.97 Å². The molecule has 0 unspecified atom stereocenters. The summed E-state index contributed by atoms with van der Waals surface area (Å²) in [6.07, 6.45) is 1.42. The Morgan fingerprint density at radius 3 is 2.86 bits per heavy atom. The molecule has 7 heteroatoms. The van der Waals surface area contributed by atoms with Crippen molar-refractivity contribution in [2.24, 2.45) is 0 Å². The van der Waals surface area contributed by atoms with Crippen LogP contribution in [0.25, 0.3) is 0 Å². The van der Waals surface area contributed by atoms with Gasteiger partial charge in [-0.25, -0.2) is 4.98 Å². The smallest absolute Gasteiger partial charge is 0.251 e. The number of rotatable bonds is 6. The molecule has 1 amide bonds. The monoisotopic (exact) mass is 319 g/mol. The standard InChI is InChI=1S/C15H17N3O3S/c1-18(9-11-5-3-4-6-12(11)21-2)14(20)10-22-15-16-8-7-13(19)17-15/h3-8H,9-10H2,1-2H3,(H,16,17,19). The van der Waals surface area contributed by atoms with Gasteiger partial charge in [-0.1, -0.05) is 30.0 Å². The first-order valence-electron chi connectivity index (χ1n) is 6.64. The lowest BCUT2D eigenvalue weighted by Gasteiger charge is -2.18. The number of carbonyl (C=O) groups is 1. The number of H-pyrrole nitrogens is 1. The number of aromatic nitrogens is 2. The molecule has 0 saturated carbocycles. The van der Waals surface area contributed by atoms with Crippen LogP contribution in [0, 0.1) is 0 Å². The fourth-order valence-electron chi connectivity index (χ4n) is 1.84. The summed E-state index contributed by atoms with van der Waals surface area (Å²) in [5.74, 6) is 0.907. The van der Waals surface area contributed by atoms with Gasteiger partial charge in [0.05, 0.1) is 12.9 Å². The predicted octanol–water partition coefficient (Wildman–Crippen LogP) is 1.53. The Morgan fingerprint density at radius 1 is 1.36 bits per heavy atom. The molecule has 1 heterocycles. The Kier molecular flexibility index (Phi) is 5.60. The first-order chi connectivity index (χ1) is 10.6. The Morgan fingerprint density at radius 2 is 2.14 bits per heavy atom. The molecular weight excluding hydrogens is 302 g/mol. The van der Waals surface area contributed by atoms with Crippen molar-refractivity contribution >= 4 is 17.7 Å². The van der Waals surface area contributed by atoms with E-state index in [1.165, 1.54) is 24.0 Å². The van der Waals surface area contributed by atoms with Crippen molar-refractivity contribution in [3.63, 3.8) is 0 Å². The van der Waals surface area contributed by atoms with Crippen LogP contribution >= 0.6 is 11.8 Å². The van der Waals surface area contributed by atoms with E-state index in [0.717, 1.165) is 11.3 Å². The number of aromatic amines is 1. The van der Waals surface area contributed by atoms with Crippen LogP contribution in [-0.2, 0) is 11.3 Å². The van der Waals surface area contributed by atoms with Crippen LogP contribution < -0.4 is 10.3 Å². The van der Waals surface area contributed by atoms with Gasteiger partial charge < -0.3 is 14.6 Å². The minimum Gasteiger partial charge on any atom is -0.496 e. The first kappa shape index (κ1) is 16.1. The van der Waals surface area contributed by atoms with Gasteiger partial charge in [-0.2, -0.15) is 0 Å². The Bertz CT molecular complexity index is 702. The van der Waals surface area contributed by atoms with E-state index < -0.39 is 0 Å². The zero-order valence-corrected chi connectivity index (χ0v) is 13.2. The molecule has 1 aromatic carbocycles. The van der Waals surface area contributed by atoms with Gasteiger partial charge in [-0.05, 0) is 6.07 Å². The molecule has 0 aliphatic carbocycles. The van der Waals surface area contributed by atoms with Gasteiger partial charge in [-0.3, -0.25) is 9.59 Å². The number of para-hydroxylation sites is 1. The number of amides is 1. The molecule has 2 rings (SSSR count). The molecule has 2 aromatic rings. The highest BCUT2D eigenvalue weighted by Crippen LogP contribution is 2.19. The number of nitrogens with zero attached hydrogens (tertiary/aromatic N) is 2. The van der Waals surface area contributed by atoms with E-state index in [1.807, 2.05) is 24.3 Å². The van der Waals surface area contributed by atoms with Gasteiger partial charge in [-0.15, -0.1) is 0 Å². The van der Waals surface area contributed by atoms with Gasteiger partial charge in [0.2, 0.25) is 5.91 Å². The van der Waals surface area contributed by atoms with Gasteiger partial charge >= 0.3 is 0 Å². The highest BCUT2D eigenvalue weighted by molar-refractivity contribution is 7.99. The third kappa shape index (κ3) is 4.36. The van der Waals surface area contributed by atoms with E-state index >= 15 is 0 Å².